The summed E-state index contributed by atoms with van der Waals surface area (Å²) in [5.74, 6) is 0. The minimum Gasteiger partial charge on any atom is -0.455 e. The summed E-state index contributed by atoms with van der Waals surface area (Å²) in [5.41, 5.74) is 22.0. The number of furan rings is 2. The van der Waals surface area contributed by atoms with E-state index in [1.807, 2.05) is 0 Å². The van der Waals surface area contributed by atoms with Gasteiger partial charge in [-0.3, -0.25) is 0 Å². The van der Waals surface area contributed by atoms with E-state index in [0.717, 1.165) is 123 Å². The second-order valence-corrected chi connectivity index (χ2v) is 27.2. The minimum absolute atomic E-state index is 0.0581. The van der Waals surface area contributed by atoms with Crippen molar-refractivity contribution in [2.75, 3.05) is 9.80 Å². The zero-order valence-corrected chi connectivity index (χ0v) is 53.1. The number of rotatable bonds is 10. The van der Waals surface area contributed by atoms with Crippen molar-refractivity contribution in [3.05, 3.63) is 337 Å². The fourth-order valence-corrected chi connectivity index (χ4v) is 14.9. The number of hydrogen-bond acceptors (Lipinski definition) is 4. The number of benzene rings is 14. The normalized spacial score (nSPS) is 12.9. The molecule has 0 spiro atoms. The molecule has 93 heavy (non-hydrogen) atoms. The molecular formula is C89H68N2O2. The van der Waals surface area contributed by atoms with E-state index in [4.69, 9.17) is 8.83 Å². The summed E-state index contributed by atoms with van der Waals surface area (Å²) in [6.07, 6.45) is 0. The summed E-state index contributed by atoms with van der Waals surface area (Å²) in [7, 11) is 0. The Labute approximate surface area is 542 Å². The summed E-state index contributed by atoms with van der Waals surface area (Å²) in [4.78, 5) is 4.90. The van der Waals surface area contributed by atoms with Gasteiger partial charge in [-0.25, -0.2) is 0 Å². The highest BCUT2D eigenvalue weighted by Crippen LogP contribution is 2.64. The highest BCUT2D eigenvalue weighted by atomic mass is 16.3. The second-order valence-electron chi connectivity index (χ2n) is 27.2. The van der Waals surface area contributed by atoms with Crippen LogP contribution in [0.1, 0.15) is 74.9 Å². The first-order valence-electron chi connectivity index (χ1n) is 32.5. The second kappa shape index (κ2) is 21.5. The van der Waals surface area contributed by atoms with Crippen molar-refractivity contribution in [1.82, 2.24) is 0 Å². The van der Waals surface area contributed by atoms with Gasteiger partial charge in [-0.05, 0) is 173 Å². The molecular weight excluding hydrogens is 1130 g/mol. The first-order chi connectivity index (χ1) is 45.4. The van der Waals surface area contributed by atoms with E-state index in [0.29, 0.717) is 0 Å². The Bertz CT molecular complexity index is 5510. The molecule has 2 heterocycles. The maximum atomic E-state index is 7.65. The summed E-state index contributed by atoms with van der Waals surface area (Å²) < 4.78 is 15.2. The molecule has 1 aliphatic rings. The van der Waals surface area contributed by atoms with E-state index in [-0.39, 0.29) is 10.8 Å². The number of nitrogens with zero attached hydrogens (tertiary/aromatic N) is 2. The molecule has 0 amide bonds. The van der Waals surface area contributed by atoms with E-state index in [2.05, 4.69) is 355 Å². The summed E-state index contributed by atoms with van der Waals surface area (Å²) in [6.45, 7) is 13.7. The smallest absolute Gasteiger partial charge is 0.160 e. The predicted molar refractivity (Wildman–Crippen MR) is 391 cm³/mol. The number of para-hydroxylation sites is 2. The molecule has 0 saturated heterocycles. The van der Waals surface area contributed by atoms with E-state index in [1.165, 1.54) is 43.8 Å². The Morgan fingerprint density at radius 3 is 1.13 bits per heavy atom. The third-order valence-corrected chi connectivity index (χ3v) is 19.6. The maximum absolute atomic E-state index is 7.65. The zero-order valence-electron chi connectivity index (χ0n) is 53.1. The van der Waals surface area contributed by atoms with Gasteiger partial charge in [0.2, 0.25) is 0 Å². The van der Waals surface area contributed by atoms with Gasteiger partial charge in [0.15, 0.2) is 5.58 Å². The van der Waals surface area contributed by atoms with Crippen LogP contribution >= 0.6 is 0 Å². The molecule has 0 atom stereocenters. The van der Waals surface area contributed by atoms with Crippen LogP contribution < -0.4 is 9.80 Å². The predicted octanol–water partition coefficient (Wildman–Crippen LogP) is 25.0. The van der Waals surface area contributed by atoms with Crippen molar-refractivity contribution in [2.24, 2.45) is 0 Å². The lowest BCUT2D eigenvalue weighted by Crippen LogP contribution is -2.29. The highest BCUT2D eigenvalue weighted by Gasteiger charge is 2.50. The van der Waals surface area contributed by atoms with Crippen molar-refractivity contribution < 1.29 is 8.83 Å². The fraction of sp³-hybridized carbons (Fsp3) is 0.101. The Balaban J connectivity index is 0.980. The molecule has 4 nitrogen and oxygen atoms in total. The van der Waals surface area contributed by atoms with Crippen molar-refractivity contribution in [3.8, 4) is 33.4 Å². The van der Waals surface area contributed by atoms with Crippen molar-refractivity contribution in [2.45, 2.75) is 57.8 Å². The number of anilines is 6. The van der Waals surface area contributed by atoms with Crippen LogP contribution in [-0.4, -0.2) is 0 Å². The van der Waals surface area contributed by atoms with Crippen LogP contribution in [0.2, 0.25) is 0 Å². The Morgan fingerprint density at radius 1 is 0.290 bits per heavy atom. The van der Waals surface area contributed by atoms with Crippen LogP contribution in [0, 0.1) is 0 Å². The average molecular weight is 1200 g/mol. The largest absolute Gasteiger partial charge is 0.455 e. The third-order valence-electron chi connectivity index (χ3n) is 19.6. The molecule has 0 N–H and O–H groups in total. The van der Waals surface area contributed by atoms with Crippen LogP contribution in [0.25, 0.3) is 98.8 Å². The number of fused-ring (bicyclic) bond motifs is 13. The molecule has 0 bridgehead atoms. The van der Waals surface area contributed by atoms with Crippen LogP contribution in [0.3, 0.4) is 0 Å². The van der Waals surface area contributed by atoms with Gasteiger partial charge >= 0.3 is 0 Å². The van der Waals surface area contributed by atoms with Gasteiger partial charge in [-0.1, -0.05) is 260 Å². The van der Waals surface area contributed by atoms with Gasteiger partial charge in [0.25, 0.3) is 0 Å². The molecule has 1 aliphatic carbocycles. The minimum atomic E-state index is -0.931. The van der Waals surface area contributed by atoms with Crippen LogP contribution in [0.4, 0.5) is 34.1 Å². The Kier molecular flexibility index (Phi) is 12.9. The maximum Gasteiger partial charge on any atom is 0.160 e. The number of hydrogen-bond donors (Lipinski definition) is 0. The molecule has 0 radical (unpaired) electrons. The van der Waals surface area contributed by atoms with Gasteiger partial charge < -0.3 is 18.6 Å². The lowest BCUT2D eigenvalue weighted by atomic mass is 9.67. The molecule has 0 unspecified atom stereocenters. The van der Waals surface area contributed by atoms with Crippen LogP contribution in [0.5, 0.6) is 0 Å². The molecule has 14 aromatic carbocycles. The van der Waals surface area contributed by atoms with E-state index in [1.54, 1.807) is 0 Å². The Hall–Kier alpha value is -11.2. The average Bonchev–Trinajstić information content (AvgIpc) is 1.51. The molecule has 0 fully saturated rings. The van der Waals surface area contributed by atoms with Gasteiger partial charge in [-0.2, -0.15) is 0 Å². The van der Waals surface area contributed by atoms with E-state index in [9.17, 15) is 0 Å². The van der Waals surface area contributed by atoms with E-state index >= 15 is 0 Å². The van der Waals surface area contributed by atoms with Crippen molar-refractivity contribution in [3.63, 3.8) is 0 Å². The Morgan fingerprint density at radius 2 is 0.656 bits per heavy atom. The summed E-state index contributed by atoms with van der Waals surface area (Å²) in [5, 5.41) is 9.01. The van der Waals surface area contributed by atoms with Gasteiger partial charge in [0.05, 0.1) is 22.2 Å². The molecule has 4 heteroatoms. The molecule has 0 saturated carbocycles. The fourth-order valence-electron chi connectivity index (χ4n) is 14.9. The molecule has 16 aromatic rings. The monoisotopic (exact) mass is 1200 g/mol. The van der Waals surface area contributed by atoms with Gasteiger partial charge in [0.1, 0.15) is 16.7 Å². The van der Waals surface area contributed by atoms with Crippen molar-refractivity contribution in [1.29, 1.82) is 0 Å². The topological polar surface area (TPSA) is 32.8 Å². The summed E-state index contributed by atoms with van der Waals surface area (Å²) in [6, 6.07) is 112. The molecule has 17 rings (SSSR count). The lowest BCUT2D eigenvalue weighted by Gasteiger charge is -2.36. The van der Waals surface area contributed by atoms with Gasteiger partial charge in [-0.15, -0.1) is 0 Å². The van der Waals surface area contributed by atoms with Gasteiger partial charge in [0, 0.05) is 50.0 Å². The lowest BCUT2D eigenvalue weighted by molar-refractivity contribution is 0.590. The third kappa shape index (κ3) is 9.10. The first kappa shape index (κ1) is 55.8. The molecule has 2 aromatic heterocycles. The molecule has 0 aliphatic heterocycles. The SMILES string of the molecule is CC(C)(C)c1ccc(N(c2ccc(-c3ccc4ccccc4c3)cc2)c2cc3c(c4c2oc2ccccc24)-c2c(cc(N(c4ccc(-c5ccc6ccccc6c5)cc4)c4ccc(C(C)(C)C)cc4)c4c2oc2ccccc24)C3(c2ccccc2)c2ccccc2)cc1. The van der Waals surface area contributed by atoms with Crippen molar-refractivity contribution >= 4 is 99.5 Å². The molecule has 446 valence electrons. The highest BCUT2D eigenvalue weighted by molar-refractivity contribution is 6.26. The zero-order chi connectivity index (χ0) is 62.7. The standard InChI is InChI=1S/C89H68N2O2/c1-87(2,3)65-41-49-71(50-42-65)90(69-45-37-59(38-46-69)63-35-33-57-21-13-15-23-61(57)53-63)77-55-76-84(86-81(77)73-29-17-19-31-79(73)93-86)83-75(89(76,67-25-9-7-10-26-67)68-27-11-8-12-28-68)56-78(85-82(83)74-30-18-20-32-80(74)92-85)91(72-51-43-66(44-52-72)88(4,5)6)70-47-39-60(40-48-70)64-36-34-58-22-14-16-24-62(58)54-64/h7-56H,1-6H3. The van der Waals surface area contributed by atoms with Crippen LogP contribution in [0.15, 0.2) is 312 Å². The van der Waals surface area contributed by atoms with Crippen LogP contribution in [-0.2, 0) is 16.2 Å². The first-order valence-corrected chi connectivity index (χ1v) is 32.5. The summed E-state index contributed by atoms with van der Waals surface area (Å²) >= 11 is 0. The van der Waals surface area contributed by atoms with E-state index < -0.39 is 5.41 Å². The quantitative estimate of drug-likeness (QED) is 0.137.